The number of carbonyl (C=O) groups is 1. The first-order valence-electron chi connectivity index (χ1n) is 7.71. The number of rotatable bonds is 6. The van der Waals surface area contributed by atoms with E-state index >= 15 is 0 Å². The second kappa shape index (κ2) is 7.64. The van der Waals surface area contributed by atoms with Crippen LogP contribution < -0.4 is 10.1 Å². The Balaban J connectivity index is 2.00. The molecule has 0 saturated heterocycles. The second-order valence-electron chi connectivity index (χ2n) is 5.56. The van der Waals surface area contributed by atoms with Crippen LogP contribution in [0.5, 0.6) is 5.75 Å². The van der Waals surface area contributed by atoms with Gasteiger partial charge in [-0.15, -0.1) is 0 Å². The largest absolute Gasteiger partial charge is 0.494 e. The van der Waals surface area contributed by atoms with Gasteiger partial charge in [0.05, 0.1) is 6.61 Å². The van der Waals surface area contributed by atoms with Crippen LogP contribution in [0.3, 0.4) is 0 Å². The van der Waals surface area contributed by atoms with Crippen LogP contribution in [0.2, 0.25) is 0 Å². The molecule has 0 saturated carbocycles. The van der Waals surface area contributed by atoms with Gasteiger partial charge in [0.2, 0.25) is 0 Å². The number of aryl methyl sites for hydroxylation is 2. The van der Waals surface area contributed by atoms with Crippen LogP contribution in [0.15, 0.2) is 42.5 Å². The van der Waals surface area contributed by atoms with Crippen molar-refractivity contribution in [3.05, 3.63) is 59.2 Å². The van der Waals surface area contributed by atoms with Crippen LogP contribution in [0, 0.1) is 13.8 Å². The summed E-state index contributed by atoms with van der Waals surface area (Å²) < 4.78 is 5.60. The zero-order chi connectivity index (χ0) is 15.9. The van der Waals surface area contributed by atoms with Crippen LogP contribution in [-0.4, -0.2) is 12.5 Å². The Bertz CT molecular complexity index is 612. The molecule has 0 unspecified atom stereocenters. The molecule has 0 bridgehead atoms. The maximum atomic E-state index is 12.3. The van der Waals surface area contributed by atoms with E-state index in [0.29, 0.717) is 12.2 Å². The summed E-state index contributed by atoms with van der Waals surface area (Å²) in [5.41, 5.74) is 3.72. The number of nitrogens with one attached hydrogen (secondary N) is 1. The maximum Gasteiger partial charge on any atom is 0.255 e. The zero-order valence-electron chi connectivity index (χ0n) is 13.5. The minimum atomic E-state index is -0.106. The molecule has 0 aliphatic carbocycles. The summed E-state index contributed by atoms with van der Waals surface area (Å²) in [5, 5.41) is 2.93. The van der Waals surface area contributed by atoms with Gasteiger partial charge in [0.15, 0.2) is 0 Å². The number of carbonyl (C=O) groups excluding carboxylic acids is 1. The minimum Gasteiger partial charge on any atom is -0.494 e. The van der Waals surface area contributed by atoms with Gasteiger partial charge in [0.1, 0.15) is 5.75 Å². The first kappa shape index (κ1) is 16.1. The highest BCUT2D eigenvalue weighted by molar-refractivity contribution is 6.04. The lowest BCUT2D eigenvalue weighted by Gasteiger charge is -2.09. The van der Waals surface area contributed by atoms with Gasteiger partial charge in [-0.1, -0.05) is 19.4 Å². The van der Waals surface area contributed by atoms with Gasteiger partial charge in [-0.3, -0.25) is 4.79 Å². The molecule has 0 atom stereocenters. The number of hydrogen-bond acceptors (Lipinski definition) is 2. The van der Waals surface area contributed by atoms with Crippen LogP contribution >= 0.6 is 0 Å². The fourth-order valence-electron chi connectivity index (χ4n) is 2.29. The average molecular weight is 297 g/mol. The fourth-order valence-corrected chi connectivity index (χ4v) is 2.29. The third-order valence-corrected chi connectivity index (χ3v) is 3.36. The Morgan fingerprint density at radius 1 is 1.05 bits per heavy atom. The van der Waals surface area contributed by atoms with E-state index < -0.39 is 0 Å². The van der Waals surface area contributed by atoms with E-state index in [-0.39, 0.29) is 5.91 Å². The highest BCUT2D eigenvalue weighted by atomic mass is 16.5. The van der Waals surface area contributed by atoms with Crippen molar-refractivity contribution in [2.45, 2.75) is 33.6 Å². The summed E-state index contributed by atoms with van der Waals surface area (Å²) in [4.78, 5) is 12.3. The summed E-state index contributed by atoms with van der Waals surface area (Å²) in [6.07, 6.45) is 2.14. The Kier molecular flexibility index (Phi) is 5.59. The van der Waals surface area contributed by atoms with Gasteiger partial charge in [-0.2, -0.15) is 0 Å². The number of amides is 1. The number of unbranched alkanes of at least 4 members (excludes halogenated alkanes) is 1. The van der Waals surface area contributed by atoms with E-state index in [0.717, 1.165) is 35.4 Å². The Hall–Kier alpha value is -2.29. The van der Waals surface area contributed by atoms with Crippen molar-refractivity contribution in [2.24, 2.45) is 0 Å². The molecule has 1 N–H and O–H groups in total. The van der Waals surface area contributed by atoms with Crippen LogP contribution in [-0.2, 0) is 0 Å². The average Bonchev–Trinajstić information content (AvgIpc) is 2.47. The molecule has 2 rings (SSSR count). The van der Waals surface area contributed by atoms with Gasteiger partial charge in [0, 0.05) is 11.3 Å². The van der Waals surface area contributed by atoms with Gasteiger partial charge < -0.3 is 10.1 Å². The van der Waals surface area contributed by atoms with E-state index in [9.17, 15) is 4.79 Å². The normalized spacial score (nSPS) is 10.3. The summed E-state index contributed by atoms with van der Waals surface area (Å²) in [6, 6.07) is 13.3. The lowest BCUT2D eigenvalue weighted by molar-refractivity contribution is 0.102. The van der Waals surface area contributed by atoms with Crippen LogP contribution in [0.4, 0.5) is 5.69 Å². The summed E-state index contributed by atoms with van der Waals surface area (Å²) >= 11 is 0. The zero-order valence-corrected chi connectivity index (χ0v) is 13.5. The van der Waals surface area contributed by atoms with Gasteiger partial charge >= 0.3 is 0 Å². The molecule has 3 heteroatoms. The van der Waals surface area contributed by atoms with Gasteiger partial charge in [-0.05, 0) is 67.8 Å². The topological polar surface area (TPSA) is 38.3 Å². The SMILES string of the molecule is CCCCOc1ccc(C(=O)Nc2cc(C)cc(C)c2)cc1. The van der Waals surface area contributed by atoms with E-state index in [1.165, 1.54) is 0 Å². The lowest BCUT2D eigenvalue weighted by Crippen LogP contribution is -2.12. The molecular formula is C19H23NO2. The third kappa shape index (κ3) is 4.62. The van der Waals surface area contributed by atoms with Crippen molar-refractivity contribution in [3.8, 4) is 5.75 Å². The molecule has 116 valence electrons. The molecule has 0 aromatic heterocycles. The molecule has 2 aromatic carbocycles. The molecule has 0 heterocycles. The minimum absolute atomic E-state index is 0.106. The quantitative estimate of drug-likeness (QED) is 0.782. The molecule has 0 aliphatic heterocycles. The van der Waals surface area contributed by atoms with E-state index in [2.05, 4.69) is 18.3 Å². The summed E-state index contributed by atoms with van der Waals surface area (Å²) in [6.45, 7) is 6.88. The fraction of sp³-hybridized carbons (Fsp3) is 0.316. The molecule has 2 aromatic rings. The molecular weight excluding hydrogens is 274 g/mol. The maximum absolute atomic E-state index is 12.3. The molecule has 22 heavy (non-hydrogen) atoms. The van der Waals surface area contributed by atoms with E-state index in [4.69, 9.17) is 4.74 Å². The lowest BCUT2D eigenvalue weighted by atomic mass is 10.1. The number of hydrogen-bond donors (Lipinski definition) is 1. The molecule has 0 spiro atoms. The molecule has 0 fully saturated rings. The second-order valence-corrected chi connectivity index (χ2v) is 5.56. The predicted molar refractivity (Wildman–Crippen MR) is 90.7 cm³/mol. The van der Waals surface area contributed by atoms with E-state index in [1.54, 1.807) is 12.1 Å². The number of ether oxygens (including phenoxy) is 1. The smallest absolute Gasteiger partial charge is 0.255 e. The van der Waals surface area contributed by atoms with Crippen molar-refractivity contribution in [1.82, 2.24) is 0 Å². The predicted octanol–water partition coefficient (Wildman–Crippen LogP) is 4.73. The number of anilines is 1. The van der Waals surface area contributed by atoms with Gasteiger partial charge in [-0.25, -0.2) is 0 Å². The summed E-state index contributed by atoms with van der Waals surface area (Å²) in [7, 11) is 0. The monoisotopic (exact) mass is 297 g/mol. The molecule has 0 aliphatic rings. The molecule has 0 radical (unpaired) electrons. The van der Waals surface area contributed by atoms with Crippen molar-refractivity contribution in [2.75, 3.05) is 11.9 Å². The van der Waals surface area contributed by atoms with E-state index in [1.807, 2.05) is 38.1 Å². The van der Waals surface area contributed by atoms with Crippen LogP contribution in [0.25, 0.3) is 0 Å². The van der Waals surface area contributed by atoms with Crippen molar-refractivity contribution in [3.63, 3.8) is 0 Å². The van der Waals surface area contributed by atoms with Crippen molar-refractivity contribution in [1.29, 1.82) is 0 Å². The number of benzene rings is 2. The van der Waals surface area contributed by atoms with Crippen molar-refractivity contribution >= 4 is 11.6 Å². The molecule has 3 nitrogen and oxygen atoms in total. The van der Waals surface area contributed by atoms with Crippen molar-refractivity contribution < 1.29 is 9.53 Å². The standard InChI is InChI=1S/C19H23NO2/c1-4-5-10-22-18-8-6-16(7-9-18)19(21)20-17-12-14(2)11-15(3)13-17/h6-9,11-13H,4-5,10H2,1-3H3,(H,20,21). The molecule has 1 amide bonds. The summed E-state index contributed by atoms with van der Waals surface area (Å²) in [5.74, 6) is 0.696. The Morgan fingerprint density at radius 3 is 2.27 bits per heavy atom. The third-order valence-electron chi connectivity index (χ3n) is 3.36. The highest BCUT2D eigenvalue weighted by Gasteiger charge is 2.07. The first-order valence-corrected chi connectivity index (χ1v) is 7.71. The van der Waals surface area contributed by atoms with Gasteiger partial charge in [0.25, 0.3) is 5.91 Å². The highest BCUT2D eigenvalue weighted by Crippen LogP contribution is 2.17. The van der Waals surface area contributed by atoms with Crippen LogP contribution in [0.1, 0.15) is 41.3 Å². The first-order chi connectivity index (χ1) is 10.6. The Morgan fingerprint density at radius 2 is 1.68 bits per heavy atom. The Labute approximate surface area is 132 Å².